The molecule has 134 valence electrons. The number of hydrogen-bond acceptors (Lipinski definition) is 5. The molecule has 3 aromatic rings. The number of carbonyl (C=O) groups excluding carboxylic acids is 2. The molecule has 2 aromatic carbocycles. The summed E-state index contributed by atoms with van der Waals surface area (Å²) in [6.07, 6.45) is 0. The van der Waals surface area contributed by atoms with Crippen LogP contribution in [0.5, 0.6) is 0 Å². The molecule has 0 radical (unpaired) electrons. The molecule has 26 heavy (non-hydrogen) atoms. The van der Waals surface area contributed by atoms with E-state index in [1.165, 1.54) is 7.05 Å². The minimum Gasteiger partial charge on any atom is -0.450 e. The van der Waals surface area contributed by atoms with Crippen molar-refractivity contribution in [3.63, 3.8) is 0 Å². The number of para-hydroxylation sites is 1. The van der Waals surface area contributed by atoms with Crippen molar-refractivity contribution >= 4 is 46.2 Å². The maximum Gasteiger partial charge on any atom is 0.375 e. The number of esters is 1. The maximum atomic E-state index is 12.4. The first kappa shape index (κ1) is 18.4. The number of thioether (sulfide) groups is 1. The number of fused-ring (bicyclic) bond motifs is 1. The summed E-state index contributed by atoms with van der Waals surface area (Å²) in [7, 11) is 1.48. The molecule has 0 saturated carbocycles. The van der Waals surface area contributed by atoms with Crippen LogP contribution in [-0.4, -0.2) is 25.5 Å². The zero-order valence-electron chi connectivity index (χ0n) is 14.0. The van der Waals surface area contributed by atoms with Gasteiger partial charge in [0.05, 0.1) is 0 Å². The lowest BCUT2D eigenvalue weighted by atomic mass is 10.1. The SMILES string of the molecule is CNC(=O)COC(=O)c1oc2ccccc2c1CSc1ccc(Cl)cc1. The smallest absolute Gasteiger partial charge is 0.375 e. The van der Waals surface area contributed by atoms with Crippen molar-refractivity contribution < 1.29 is 18.7 Å². The topological polar surface area (TPSA) is 68.5 Å². The number of furan rings is 1. The maximum absolute atomic E-state index is 12.4. The van der Waals surface area contributed by atoms with Crippen LogP contribution in [0.4, 0.5) is 0 Å². The Labute approximate surface area is 159 Å². The summed E-state index contributed by atoms with van der Waals surface area (Å²) in [5.41, 5.74) is 1.34. The van der Waals surface area contributed by atoms with Crippen LogP contribution >= 0.6 is 23.4 Å². The van der Waals surface area contributed by atoms with Gasteiger partial charge in [0.1, 0.15) is 5.58 Å². The molecule has 0 saturated heterocycles. The standard InChI is InChI=1S/C19H16ClNO4S/c1-21-17(22)10-24-19(23)18-15(14-4-2-3-5-16(14)25-18)11-26-13-8-6-12(20)7-9-13/h2-9H,10-11H2,1H3,(H,21,22). The van der Waals surface area contributed by atoms with E-state index in [0.717, 1.165) is 15.8 Å². The number of amides is 1. The van der Waals surface area contributed by atoms with E-state index in [0.29, 0.717) is 16.4 Å². The average molecular weight is 390 g/mol. The molecule has 1 amide bonds. The van der Waals surface area contributed by atoms with Crippen molar-refractivity contribution in [1.29, 1.82) is 0 Å². The summed E-state index contributed by atoms with van der Waals surface area (Å²) in [5, 5.41) is 3.92. The molecule has 1 aromatic heterocycles. The van der Waals surface area contributed by atoms with Gasteiger partial charge in [0.15, 0.2) is 6.61 Å². The highest BCUT2D eigenvalue weighted by Gasteiger charge is 2.22. The Hall–Kier alpha value is -2.44. The lowest BCUT2D eigenvalue weighted by Crippen LogP contribution is -2.25. The third kappa shape index (κ3) is 4.20. The first-order valence-electron chi connectivity index (χ1n) is 7.85. The van der Waals surface area contributed by atoms with Gasteiger partial charge in [-0.1, -0.05) is 29.8 Å². The van der Waals surface area contributed by atoms with E-state index in [1.807, 2.05) is 42.5 Å². The molecule has 0 aliphatic carbocycles. The van der Waals surface area contributed by atoms with Crippen molar-refractivity contribution in [2.24, 2.45) is 0 Å². The van der Waals surface area contributed by atoms with Crippen molar-refractivity contribution in [3.05, 3.63) is 64.9 Å². The molecular weight excluding hydrogens is 374 g/mol. The van der Waals surface area contributed by atoms with Crippen molar-refractivity contribution in [2.45, 2.75) is 10.6 Å². The summed E-state index contributed by atoms with van der Waals surface area (Å²) in [4.78, 5) is 24.7. The Morgan fingerprint density at radius 1 is 1.15 bits per heavy atom. The van der Waals surface area contributed by atoms with E-state index in [4.69, 9.17) is 20.8 Å². The number of halogens is 1. The largest absolute Gasteiger partial charge is 0.450 e. The summed E-state index contributed by atoms with van der Waals surface area (Å²) >= 11 is 7.47. The number of benzene rings is 2. The molecule has 1 heterocycles. The Kier molecular flexibility index (Phi) is 5.85. The zero-order valence-corrected chi connectivity index (χ0v) is 15.5. The van der Waals surface area contributed by atoms with Gasteiger partial charge in [-0.25, -0.2) is 4.79 Å². The third-order valence-electron chi connectivity index (χ3n) is 3.69. The number of hydrogen-bond donors (Lipinski definition) is 1. The fourth-order valence-electron chi connectivity index (χ4n) is 2.36. The molecule has 7 heteroatoms. The number of likely N-dealkylation sites (N-methyl/N-ethyl adjacent to an activating group) is 1. The van der Waals surface area contributed by atoms with E-state index >= 15 is 0 Å². The highest BCUT2D eigenvalue weighted by atomic mass is 35.5. The van der Waals surface area contributed by atoms with Crippen LogP contribution in [0, 0.1) is 0 Å². The van der Waals surface area contributed by atoms with Gasteiger partial charge in [-0.15, -0.1) is 11.8 Å². The molecule has 0 bridgehead atoms. The van der Waals surface area contributed by atoms with Crippen molar-refractivity contribution in [3.8, 4) is 0 Å². The molecule has 1 N–H and O–H groups in total. The minimum atomic E-state index is -0.656. The first-order chi connectivity index (χ1) is 12.6. The number of nitrogens with one attached hydrogen (secondary N) is 1. The highest BCUT2D eigenvalue weighted by molar-refractivity contribution is 7.98. The molecule has 0 aliphatic rings. The first-order valence-corrected chi connectivity index (χ1v) is 9.21. The van der Waals surface area contributed by atoms with Crippen LogP contribution in [0.1, 0.15) is 16.1 Å². The molecular formula is C19H16ClNO4S. The Morgan fingerprint density at radius 3 is 2.62 bits per heavy atom. The lowest BCUT2D eigenvalue weighted by molar-refractivity contribution is -0.123. The number of carbonyl (C=O) groups is 2. The van der Waals surface area contributed by atoms with Crippen LogP contribution in [0.2, 0.25) is 5.02 Å². The third-order valence-corrected chi connectivity index (χ3v) is 4.98. The van der Waals surface area contributed by atoms with E-state index in [1.54, 1.807) is 17.8 Å². The zero-order chi connectivity index (χ0) is 18.5. The van der Waals surface area contributed by atoms with Crippen molar-refractivity contribution in [1.82, 2.24) is 5.32 Å². The Balaban J connectivity index is 1.85. The Morgan fingerprint density at radius 2 is 1.88 bits per heavy atom. The molecule has 0 spiro atoms. The normalized spacial score (nSPS) is 10.7. The predicted molar refractivity (Wildman–Crippen MR) is 102 cm³/mol. The minimum absolute atomic E-state index is 0.122. The molecule has 0 atom stereocenters. The summed E-state index contributed by atoms with van der Waals surface area (Å²) in [6.45, 7) is -0.351. The summed E-state index contributed by atoms with van der Waals surface area (Å²) in [6, 6.07) is 14.9. The van der Waals surface area contributed by atoms with E-state index in [-0.39, 0.29) is 18.3 Å². The molecule has 0 unspecified atom stereocenters. The summed E-state index contributed by atoms with van der Waals surface area (Å²) in [5.74, 6) is -0.400. The Bertz CT molecular complexity index is 936. The molecule has 0 aliphatic heterocycles. The van der Waals surface area contributed by atoms with Gasteiger partial charge >= 0.3 is 5.97 Å². The second-order valence-corrected chi connectivity index (χ2v) is 6.88. The second kappa shape index (κ2) is 8.29. The molecule has 5 nitrogen and oxygen atoms in total. The average Bonchev–Trinajstić information content (AvgIpc) is 3.04. The van der Waals surface area contributed by atoms with E-state index < -0.39 is 5.97 Å². The van der Waals surface area contributed by atoms with Crippen LogP contribution in [0.25, 0.3) is 11.0 Å². The highest BCUT2D eigenvalue weighted by Crippen LogP contribution is 2.32. The van der Waals surface area contributed by atoms with Gasteiger partial charge in [0.25, 0.3) is 5.91 Å². The van der Waals surface area contributed by atoms with Crippen molar-refractivity contribution in [2.75, 3.05) is 13.7 Å². The van der Waals surface area contributed by atoms with E-state index in [9.17, 15) is 9.59 Å². The monoisotopic (exact) mass is 389 g/mol. The van der Waals surface area contributed by atoms with Crippen LogP contribution in [-0.2, 0) is 15.3 Å². The predicted octanol–water partition coefficient (Wildman–Crippen LogP) is 4.28. The fraction of sp³-hybridized carbons (Fsp3) is 0.158. The fourth-order valence-corrected chi connectivity index (χ4v) is 3.41. The quantitative estimate of drug-likeness (QED) is 0.503. The van der Waals surface area contributed by atoms with Gasteiger partial charge in [-0.3, -0.25) is 4.79 Å². The van der Waals surface area contributed by atoms with Crippen LogP contribution < -0.4 is 5.32 Å². The number of rotatable bonds is 6. The summed E-state index contributed by atoms with van der Waals surface area (Å²) < 4.78 is 10.7. The van der Waals surface area contributed by atoms with E-state index in [2.05, 4.69) is 5.32 Å². The van der Waals surface area contributed by atoms with Gasteiger partial charge in [-0.05, 0) is 30.3 Å². The van der Waals surface area contributed by atoms with Crippen LogP contribution in [0.15, 0.2) is 57.8 Å². The second-order valence-electron chi connectivity index (χ2n) is 5.40. The lowest BCUT2D eigenvalue weighted by Gasteiger charge is -2.05. The van der Waals surface area contributed by atoms with Crippen LogP contribution in [0.3, 0.4) is 0 Å². The molecule has 3 rings (SSSR count). The van der Waals surface area contributed by atoms with Gasteiger partial charge in [0, 0.05) is 33.7 Å². The molecule has 0 fully saturated rings. The van der Waals surface area contributed by atoms with Gasteiger partial charge in [-0.2, -0.15) is 0 Å². The van der Waals surface area contributed by atoms with Gasteiger partial charge in [0.2, 0.25) is 5.76 Å². The number of ether oxygens (including phenoxy) is 1. The van der Waals surface area contributed by atoms with Gasteiger partial charge < -0.3 is 14.5 Å².